The van der Waals surface area contributed by atoms with Gasteiger partial charge in [-0.1, -0.05) is 78.5 Å². The van der Waals surface area contributed by atoms with Crippen molar-refractivity contribution in [3.8, 4) is 11.3 Å². The minimum Gasteiger partial charge on any atom is -0.272 e. The van der Waals surface area contributed by atoms with E-state index >= 15 is 0 Å². The number of amides is 1. The predicted molar refractivity (Wildman–Crippen MR) is 121 cm³/mol. The Morgan fingerprint density at radius 1 is 0.862 bits per heavy atom. The number of thioether (sulfide) groups is 1. The lowest BCUT2D eigenvalue weighted by Gasteiger charge is -2.25. The quantitative estimate of drug-likeness (QED) is 0.306. The highest BCUT2D eigenvalue weighted by molar-refractivity contribution is 8.01. The Morgan fingerprint density at radius 3 is 2.00 bits per heavy atom. The van der Waals surface area contributed by atoms with Crippen LogP contribution < -0.4 is 10.4 Å². The van der Waals surface area contributed by atoms with Gasteiger partial charge in [-0.05, 0) is 24.3 Å². The standard InChI is InChI=1S/C23H19N3OS2/c27-22(17-29-23-24-21(16-28-23)18-10-4-1-5-11-18)25-26(19-12-6-2-7-13-19)20-14-8-3-9-15-20/h1-16H,17H2,(H,25,27). The van der Waals surface area contributed by atoms with Crippen LogP contribution in [-0.2, 0) is 4.79 Å². The Balaban J connectivity index is 1.42. The van der Waals surface area contributed by atoms with E-state index in [-0.39, 0.29) is 11.7 Å². The lowest BCUT2D eigenvalue weighted by atomic mass is 10.2. The van der Waals surface area contributed by atoms with E-state index in [2.05, 4.69) is 10.4 Å². The van der Waals surface area contributed by atoms with E-state index in [1.54, 1.807) is 16.3 Å². The van der Waals surface area contributed by atoms with Crippen molar-refractivity contribution < 1.29 is 4.79 Å². The minimum absolute atomic E-state index is 0.0841. The van der Waals surface area contributed by atoms with Crippen molar-refractivity contribution in [2.75, 3.05) is 10.8 Å². The van der Waals surface area contributed by atoms with Crippen molar-refractivity contribution in [3.63, 3.8) is 0 Å². The van der Waals surface area contributed by atoms with Crippen molar-refractivity contribution >= 4 is 40.4 Å². The molecule has 1 N–H and O–H groups in total. The number of anilines is 2. The van der Waals surface area contributed by atoms with Crippen LogP contribution in [0.4, 0.5) is 11.4 Å². The fourth-order valence-electron chi connectivity index (χ4n) is 2.78. The van der Waals surface area contributed by atoms with Crippen molar-refractivity contribution in [1.29, 1.82) is 0 Å². The zero-order valence-electron chi connectivity index (χ0n) is 15.6. The molecule has 4 nitrogen and oxygen atoms in total. The van der Waals surface area contributed by atoms with Gasteiger partial charge >= 0.3 is 0 Å². The molecule has 4 aromatic rings. The summed E-state index contributed by atoms with van der Waals surface area (Å²) in [5, 5.41) is 3.83. The van der Waals surface area contributed by atoms with Gasteiger partial charge in [0.15, 0.2) is 4.34 Å². The molecule has 0 unspecified atom stereocenters. The van der Waals surface area contributed by atoms with Gasteiger partial charge in [-0.25, -0.2) is 4.98 Å². The van der Waals surface area contributed by atoms with Gasteiger partial charge in [0.05, 0.1) is 22.8 Å². The second-order valence-corrected chi connectivity index (χ2v) is 8.28. The minimum atomic E-state index is -0.0841. The Morgan fingerprint density at radius 2 is 1.41 bits per heavy atom. The van der Waals surface area contributed by atoms with Crippen LogP contribution in [-0.4, -0.2) is 16.6 Å². The lowest BCUT2D eigenvalue weighted by molar-refractivity contribution is -0.118. The van der Waals surface area contributed by atoms with E-state index in [1.165, 1.54) is 11.8 Å². The monoisotopic (exact) mass is 417 g/mol. The van der Waals surface area contributed by atoms with Crippen molar-refractivity contribution in [1.82, 2.24) is 10.4 Å². The van der Waals surface area contributed by atoms with Gasteiger partial charge in [0, 0.05) is 10.9 Å². The molecule has 1 amide bonds. The van der Waals surface area contributed by atoms with Crippen LogP contribution in [0.25, 0.3) is 11.3 Å². The zero-order chi connectivity index (χ0) is 19.9. The van der Waals surface area contributed by atoms with Crippen LogP contribution in [0.1, 0.15) is 0 Å². The third kappa shape index (κ3) is 5.04. The largest absolute Gasteiger partial charge is 0.272 e. The second kappa shape index (κ2) is 9.41. The normalized spacial score (nSPS) is 10.5. The molecule has 0 bridgehead atoms. The summed E-state index contributed by atoms with van der Waals surface area (Å²) in [4.78, 5) is 17.3. The molecule has 0 aliphatic heterocycles. The maximum absolute atomic E-state index is 12.7. The van der Waals surface area contributed by atoms with Gasteiger partial charge in [-0.15, -0.1) is 11.3 Å². The lowest BCUT2D eigenvalue weighted by Crippen LogP contribution is -2.39. The number of thiazole rings is 1. The summed E-state index contributed by atoms with van der Waals surface area (Å²) >= 11 is 3.00. The molecule has 1 heterocycles. The summed E-state index contributed by atoms with van der Waals surface area (Å²) < 4.78 is 0.880. The van der Waals surface area contributed by atoms with Crippen LogP contribution in [0.5, 0.6) is 0 Å². The molecule has 0 aliphatic carbocycles. The SMILES string of the molecule is O=C(CSc1nc(-c2ccccc2)cs1)NN(c1ccccc1)c1ccccc1. The molecule has 6 heteroatoms. The molecule has 0 spiro atoms. The summed E-state index contributed by atoms with van der Waals surface area (Å²) in [5.74, 6) is 0.205. The van der Waals surface area contributed by atoms with E-state index in [4.69, 9.17) is 0 Å². The van der Waals surface area contributed by atoms with E-state index in [9.17, 15) is 4.79 Å². The summed E-state index contributed by atoms with van der Waals surface area (Å²) in [6, 6.07) is 29.6. The summed E-state index contributed by atoms with van der Waals surface area (Å²) in [6.07, 6.45) is 0. The smallest absolute Gasteiger partial charge is 0.249 e. The van der Waals surface area contributed by atoms with Crippen molar-refractivity contribution in [2.45, 2.75) is 4.34 Å². The molecule has 3 aromatic carbocycles. The summed E-state index contributed by atoms with van der Waals surface area (Å²) in [5.41, 5.74) is 6.83. The van der Waals surface area contributed by atoms with E-state index in [0.717, 1.165) is 27.0 Å². The Kier molecular flexibility index (Phi) is 6.24. The summed E-state index contributed by atoms with van der Waals surface area (Å²) in [6.45, 7) is 0. The number of nitrogens with one attached hydrogen (secondary N) is 1. The average molecular weight is 418 g/mol. The molecule has 0 saturated carbocycles. The maximum atomic E-state index is 12.7. The van der Waals surface area contributed by atoms with Crippen LogP contribution in [0, 0.1) is 0 Å². The number of carbonyl (C=O) groups excluding carboxylic acids is 1. The number of nitrogens with zero attached hydrogens (tertiary/aromatic N) is 2. The van der Waals surface area contributed by atoms with E-state index in [1.807, 2.05) is 96.4 Å². The molecule has 0 fully saturated rings. The first-order valence-electron chi connectivity index (χ1n) is 9.13. The number of hydrogen-bond acceptors (Lipinski definition) is 5. The Hall–Kier alpha value is -3.09. The average Bonchev–Trinajstić information content (AvgIpc) is 3.27. The fraction of sp³-hybridized carbons (Fsp3) is 0.0435. The van der Waals surface area contributed by atoms with Crippen LogP contribution >= 0.6 is 23.1 Å². The van der Waals surface area contributed by atoms with Crippen LogP contribution in [0.2, 0.25) is 0 Å². The van der Waals surface area contributed by atoms with Gasteiger partial charge in [0.25, 0.3) is 0 Å². The highest BCUT2D eigenvalue weighted by Crippen LogP contribution is 2.28. The van der Waals surface area contributed by atoms with Gasteiger partial charge in [0.1, 0.15) is 0 Å². The molecule has 0 radical (unpaired) electrons. The van der Waals surface area contributed by atoms with Gasteiger partial charge in [-0.2, -0.15) is 0 Å². The zero-order valence-corrected chi connectivity index (χ0v) is 17.2. The van der Waals surface area contributed by atoms with Crippen LogP contribution in [0.15, 0.2) is 101 Å². The fourth-order valence-corrected chi connectivity index (χ4v) is 4.41. The molecule has 0 aliphatic rings. The number of hydrazine groups is 1. The topological polar surface area (TPSA) is 45.2 Å². The number of benzene rings is 3. The third-order valence-electron chi connectivity index (χ3n) is 4.14. The maximum Gasteiger partial charge on any atom is 0.249 e. The van der Waals surface area contributed by atoms with Crippen LogP contribution in [0.3, 0.4) is 0 Å². The Bertz CT molecular complexity index is 1010. The molecule has 4 rings (SSSR count). The van der Waals surface area contributed by atoms with Gasteiger partial charge in [-0.3, -0.25) is 15.2 Å². The number of carbonyl (C=O) groups is 1. The summed E-state index contributed by atoms with van der Waals surface area (Å²) in [7, 11) is 0. The van der Waals surface area contributed by atoms with Gasteiger partial charge in [0.2, 0.25) is 5.91 Å². The number of rotatable bonds is 7. The molecule has 0 saturated heterocycles. The van der Waals surface area contributed by atoms with Crippen molar-refractivity contribution in [2.24, 2.45) is 0 Å². The third-order valence-corrected chi connectivity index (χ3v) is 6.17. The Labute approximate surface area is 178 Å². The second-order valence-electron chi connectivity index (χ2n) is 6.19. The molecule has 144 valence electrons. The molecule has 29 heavy (non-hydrogen) atoms. The predicted octanol–water partition coefficient (Wildman–Crippen LogP) is 5.77. The first-order chi connectivity index (χ1) is 14.3. The number of para-hydroxylation sites is 2. The van der Waals surface area contributed by atoms with E-state index in [0.29, 0.717) is 0 Å². The molecular formula is C23H19N3OS2. The van der Waals surface area contributed by atoms with Crippen molar-refractivity contribution in [3.05, 3.63) is 96.4 Å². The number of hydrogen-bond donors (Lipinski definition) is 1. The highest BCUT2D eigenvalue weighted by Gasteiger charge is 2.14. The first kappa shape index (κ1) is 19.2. The molecule has 0 atom stereocenters. The highest BCUT2D eigenvalue weighted by atomic mass is 32.2. The molecule has 1 aromatic heterocycles. The number of aromatic nitrogens is 1. The first-order valence-corrected chi connectivity index (χ1v) is 11.0. The molecular weight excluding hydrogens is 398 g/mol. The van der Waals surface area contributed by atoms with E-state index < -0.39 is 0 Å². The van der Waals surface area contributed by atoms with Gasteiger partial charge < -0.3 is 0 Å².